The van der Waals surface area contributed by atoms with Crippen LogP contribution < -0.4 is 0 Å². The average molecular weight is 445 g/mol. The minimum absolute atomic E-state index is 0.0510. The number of halogens is 2. The standard InChI is InChI=1S/C21H18BrFN2O3/c22-14-5-8-16-17(12-14)21(28)25(20(16)27)11-9-19(26)24-10-1-2-18(24)13-3-6-15(23)7-4-13/h3-8,12,18H,1-2,9-11H2. The highest BCUT2D eigenvalue weighted by Crippen LogP contribution is 2.33. The van der Waals surface area contributed by atoms with E-state index in [0.717, 1.165) is 27.8 Å². The number of amides is 3. The Morgan fingerprint density at radius 1 is 1.07 bits per heavy atom. The average Bonchev–Trinajstić information content (AvgIpc) is 3.25. The Labute approximate surface area is 170 Å². The Hall–Kier alpha value is -2.54. The van der Waals surface area contributed by atoms with Crippen LogP contribution >= 0.6 is 15.9 Å². The maximum absolute atomic E-state index is 13.2. The zero-order valence-corrected chi connectivity index (χ0v) is 16.6. The Morgan fingerprint density at radius 2 is 1.79 bits per heavy atom. The van der Waals surface area contributed by atoms with Gasteiger partial charge in [0.25, 0.3) is 11.8 Å². The van der Waals surface area contributed by atoms with Crippen LogP contribution in [0.1, 0.15) is 51.6 Å². The summed E-state index contributed by atoms with van der Waals surface area (Å²) < 4.78 is 13.9. The molecule has 144 valence electrons. The van der Waals surface area contributed by atoms with Gasteiger partial charge in [0.2, 0.25) is 5.91 Å². The van der Waals surface area contributed by atoms with Crippen LogP contribution in [-0.2, 0) is 4.79 Å². The fourth-order valence-corrected chi connectivity index (χ4v) is 4.27. The van der Waals surface area contributed by atoms with Gasteiger partial charge in [0.05, 0.1) is 17.2 Å². The molecule has 0 aromatic heterocycles. The number of likely N-dealkylation sites (tertiary alicyclic amines) is 1. The predicted molar refractivity (Wildman–Crippen MR) is 104 cm³/mol. The molecule has 2 heterocycles. The van der Waals surface area contributed by atoms with Crippen molar-refractivity contribution in [2.75, 3.05) is 13.1 Å². The van der Waals surface area contributed by atoms with Gasteiger partial charge in [0.1, 0.15) is 5.82 Å². The van der Waals surface area contributed by atoms with E-state index >= 15 is 0 Å². The lowest BCUT2D eigenvalue weighted by atomic mass is 10.0. The van der Waals surface area contributed by atoms with E-state index in [1.165, 1.54) is 12.1 Å². The van der Waals surface area contributed by atoms with Gasteiger partial charge in [-0.3, -0.25) is 19.3 Å². The number of carbonyl (C=O) groups is 3. The van der Waals surface area contributed by atoms with Crippen molar-refractivity contribution < 1.29 is 18.8 Å². The lowest BCUT2D eigenvalue weighted by Crippen LogP contribution is -2.36. The molecule has 0 saturated carbocycles. The third-order valence-electron chi connectivity index (χ3n) is 5.31. The van der Waals surface area contributed by atoms with Crippen LogP contribution in [-0.4, -0.2) is 40.6 Å². The molecule has 1 fully saturated rings. The second kappa shape index (κ2) is 7.47. The third-order valence-corrected chi connectivity index (χ3v) is 5.80. The molecule has 0 spiro atoms. The highest BCUT2D eigenvalue weighted by Gasteiger charge is 2.36. The topological polar surface area (TPSA) is 57.7 Å². The SMILES string of the molecule is O=C1c2ccc(Br)cc2C(=O)N1CCC(=O)N1CCCC1c1ccc(F)cc1. The van der Waals surface area contributed by atoms with Crippen LogP contribution in [0.5, 0.6) is 0 Å². The van der Waals surface area contributed by atoms with E-state index in [2.05, 4.69) is 15.9 Å². The number of rotatable bonds is 4. The summed E-state index contributed by atoms with van der Waals surface area (Å²) in [6.45, 7) is 0.672. The molecule has 0 bridgehead atoms. The molecule has 4 rings (SSSR count). The van der Waals surface area contributed by atoms with Crippen molar-refractivity contribution in [1.82, 2.24) is 9.80 Å². The van der Waals surface area contributed by atoms with Crippen molar-refractivity contribution in [2.45, 2.75) is 25.3 Å². The molecule has 1 atom stereocenters. The molecule has 1 unspecified atom stereocenters. The molecule has 7 heteroatoms. The molecular weight excluding hydrogens is 427 g/mol. The molecule has 2 aromatic rings. The predicted octanol–water partition coefficient (Wildman–Crippen LogP) is 3.94. The highest BCUT2D eigenvalue weighted by atomic mass is 79.9. The van der Waals surface area contributed by atoms with Gasteiger partial charge in [0.15, 0.2) is 0 Å². The number of imide groups is 1. The van der Waals surface area contributed by atoms with Gasteiger partial charge < -0.3 is 4.90 Å². The lowest BCUT2D eigenvalue weighted by molar-refractivity contribution is -0.132. The Kier molecular flexibility index (Phi) is 5.02. The van der Waals surface area contributed by atoms with Gasteiger partial charge in [-0.05, 0) is 48.7 Å². The first-order chi connectivity index (χ1) is 13.5. The summed E-state index contributed by atoms with van der Waals surface area (Å²) in [5.41, 5.74) is 1.63. The van der Waals surface area contributed by atoms with Crippen molar-refractivity contribution in [3.63, 3.8) is 0 Å². The minimum Gasteiger partial charge on any atom is -0.336 e. The van der Waals surface area contributed by atoms with Crippen LogP contribution in [0.2, 0.25) is 0 Å². The van der Waals surface area contributed by atoms with E-state index in [1.807, 2.05) is 0 Å². The van der Waals surface area contributed by atoms with Crippen LogP contribution in [0.3, 0.4) is 0 Å². The fraction of sp³-hybridized carbons (Fsp3) is 0.286. The molecule has 1 saturated heterocycles. The molecule has 0 N–H and O–H groups in total. The maximum atomic E-state index is 13.2. The maximum Gasteiger partial charge on any atom is 0.261 e. The summed E-state index contributed by atoms with van der Waals surface area (Å²) in [6, 6.07) is 11.1. The first kappa shape index (κ1) is 18.8. The van der Waals surface area contributed by atoms with Gasteiger partial charge in [-0.15, -0.1) is 0 Å². The third kappa shape index (κ3) is 3.35. The minimum atomic E-state index is -0.370. The summed E-state index contributed by atoms with van der Waals surface area (Å²) in [5.74, 6) is -1.15. The van der Waals surface area contributed by atoms with Crippen molar-refractivity contribution >= 4 is 33.7 Å². The zero-order valence-electron chi connectivity index (χ0n) is 15.0. The fourth-order valence-electron chi connectivity index (χ4n) is 3.91. The quantitative estimate of drug-likeness (QED) is 0.671. The number of hydrogen-bond donors (Lipinski definition) is 0. The van der Waals surface area contributed by atoms with Gasteiger partial charge in [-0.25, -0.2) is 4.39 Å². The molecule has 2 aliphatic heterocycles. The van der Waals surface area contributed by atoms with Crippen LogP contribution in [0.25, 0.3) is 0 Å². The van der Waals surface area contributed by atoms with Crippen molar-refractivity contribution in [3.05, 3.63) is 69.4 Å². The van der Waals surface area contributed by atoms with E-state index in [4.69, 9.17) is 0 Å². The van der Waals surface area contributed by atoms with E-state index in [-0.39, 0.29) is 42.5 Å². The summed E-state index contributed by atoms with van der Waals surface area (Å²) in [4.78, 5) is 40.7. The van der Waals surface area contributed by atoms with Gasteiger partial charge in [-0.1, -0.05) is 28.1 Å². The second-order valence-electron chi connectivity index (χ2n) is 7.00. The van der Waals surface area contributed by atoms with E-state index < -0.39 is 0 Å². The number of benzene rings is 2. The molecule has 0 aliphatic carbocycles. The number of hydrogen-bond acceptors (Lipinski definition) is 3. The normalized spacial score (nSPS) is 18.7. The van der Waals surface area contributed by atoms with Crippen LogP contribution in [0, 0.1) is 5.82 Å². The van der Waals surface area contributed by atoms with Gasteiger partial charge in [0, 0.05) is 24.0 Å². The van der Waals surface area contributed by atoms with Gasteiger partial charge in [-0.2, -0.15) is 0 Å². The second-order valence-corrected chi connectivity index (χ2v) is 7.91. The number of fused-ring (bicyclic) bond motifs is 1. The van der Waals surface area contributed by atoms with E-state index in [9.17, 15) is 18.8 Å². The zero-order chi connectivity index (χ0) is 19.8. The monoisotopic (exact) mass is 444 g/mol. The van der Waals surface area contributed by atoms with E-state index in [1.54, 1.807) is 35.2 Å². The smallest absolute Gasteiger partial charge is 0.261 e. The van der Waals surface area contributed by atoms with Crippen molar-refractivity contribution in [3.8, 4) is 0 Å². The van der Waals surface area contributed by atoms with Gasteiger partial charge >= 0.3 is 0 Å². The molecule has 3 amide bonds. The summed E-state index contributed by atoms with van der Waals surface area (Å²) >= 11 is 3.31. The number of carbonyl (C=O) groups excluding carboxylic acids is 3. The Balaban J connectivity index is 1.44. The van der Waals surface area contributed by atoms with E-state index in [0.29, 0.717) is 17.7 Å². The summed E-state index contributed by atoms with van der Waals surface area (Å²) in [7, 11) is 0. The largest absolute Gasteiger partial charge is 0.336 e. The molecule has 0 radical (unpaired) electrons. The molecule has 28 heavy (non-hydrogen) atoms. The first-order valence-electron chi connectivity index (χ1n) is 9.16. The Morgan fingerprint density at radius 3 is 2.54 bits per heavy atom. The number of nitrogens with zero attached hydrogens (tertiary/aromatic N) is 2. The highest BCUT2D eigenvalue weighted by molar-refractivity contribution is 9.10. The summed E-state index contributed by atoms with van der Waals surface area (Å²) in [5, 5.41) is 0. The van der Waals surface area contributed by atoms with Crippen molar-refractivity contribution in [1.29, 1.82) is 0 Å². The summed E-state index contributed by atoms with van der Waals surface area (Å²) in [6.07, 6.45) is 1.76. The molecule has 5 nitrogen and oxygen atoms in total. The molecule has 2 aromatic carbocycles. The lowest BCUT2D eigenvalue weighted by Gasteiger charge is -2.26. The van der Waals surface area contributed by atoms with Crippen LogP contribution in [0.4, 0.5) is 4.39 Å². The van der Waals surface area contributed by atoms with Crippen LogP contribution in [0.15, 0.2) is 46.9 Å². The van der Waals surface area contributed by atoms with Crippen molar-refractivity contribution in [2.24, 2.45) is 0 Å². The Bertz CT molecular complexity index is 961. The first-order valence-corrected chi connectivity index (χ1v) is 9.95. The molecule has 2 aliphatic rings. The molecular formula is C21H18BrFN2O3.